The molecule has 25 heavy (non-hydrogen) atoms. The van der Waals surface area contributed by atoms with Crippen LogP contribution in [0.2, 0.25) is 0 Å². The molecule has 0 spiro atoms. The first-order valence-electron chi connectivity index (χ1n) is 8.21. The zero-order chi connectivity index (χ0) is 18.4. The van der Waals surface area contributed by atoms with Crippen molar-refractivity contribution in [1.82, 2.24) is 4.90 Å². The van der Waals surface area contributed by atoms with Crippen molar-refractivity contribution in [3.63, 3.8) is 0 Å². The van der Waals surface area contributed by atoms with Gasteiger partial charge in [0.05, 0.1) is 10.6 Å². The van der Waals surface area contributed by atoms with Crippen LogP contribution in [0, 0.1) is 0 Å². The lowest BCUT2D eigenvalue weighted by molar-refractivity contribution is 0.0676. The number of amides is 1. The Labute approximate surface area is 153 Å². The number of rotatable bonds is 8. The molecule has 0 saturated carbocycles. The van der Waals surface area contributed by atoms with Crippen molar-refractivity contribution in [1.29, 1.82) is 0 Å². The Morgan fingerprint density at radius 1 is 1.20 bits per heavy atom. The summed E-state index contributed by atoms with van der Waals surface area (Å²) in [4.78, 5) is 15.3. The number of carbonyl (C=O) groups is 1. The molecule has 5 nitrogen and oxygen atoms in total. The molecule has 136 valence electrons. The molecular weight excluding hydrogens is 358 g/mol. The Balaban J connectivity index is 2.15. The number of hydrogen-bond acceptors (Lipinski definition) is 5. The lowest BCUT2D eigenvalue weighted by atomic mass is 10.1. The van der Waals surface area contributed by atoms with Gasteiger partial charge in [-0.3, -0.25) is 4.79 Å². The fourth-order valence-electron chi connectivity index (χ4n) is 2.24. The van der Waals surface area contributed by atoms with Crippen LogP contribution in [0.15, 0.2) is 41.8 Å². The summed E-state index contributed by atoms with van der Waals surface area (Å²) in [6, 6.07) is 10.6. The standard InChI is InChI=1S/C18H23NO4S2/c1-4-14(3)19(18(20)17-7-6-12-24-17)13-15-8-10-16(11-9-15)23-25(21,22)5-2/h6-12,14H,4-5,13H2,1-3H3. The van der Waals surface area contributed by atoms with Crippen LogP contribution in [0.1, 0.15) is 42.4 Å². The monoisotopic (exact) mass is 381 g/mol. The Kier molecular flexibility index (Phi) is 6.61. The molecule has 0 aliphatic heterocycles. The average Bonchev–Trinajstić information content (AvgIpc) is 3.14. The Morgan fingerprint density at radius 2 is 1.88 bits per heavy atom. The highest BCUT2D eigenvalue weighted by molar-refractivity contribution is 7.87. The maximum absolute atomic E-state index is 12.7. The Hall–Kier alpha value is -1.86. The topological polar surface area (TPSA) is 63.7 Å². The van der Waals surface area contributed by atoms with Gasteiger partial charge < -0.3 is 9.08 Å². The van der Waals surface area contributed by atoms with E-state index >= 15 is 0 Å². The summed E-state index contributed by atoms with van der Waals surface area (Å²) in [6.07, 6.45) is 0.854. The lowest BCUT2D eigenvalue weighted by Gasteiger charge is -2.28. The van der Waals surface area contributed by atoms with Gasteiger partial charge in [-0.15, -0.1) is 11.3 Å². The fraction of sp³-hybridized carbons (Fsp3) is 0.389. The summed E-state index contributed by atoms with van der Waals surface area (Å²) in [5.41, 5.74) is 0.923. The van der Waals surface area contributed by atoms with Gasteiger partial charge in [-0.25, -0.2) is 0 Å². The molecule has 0 saturated heterocycles. The van der Waals surface area contributed by atoms with E-state index in [1.807, 2.05) is 36.3 Å². The fourth-order valence-corrected chi connectivity index (χ4v) is 3.44. The van der Waals surface area contributed by atoms with Crippen molar-refractivity contribution in [3.8, 4) is 5.75 Å². The van der Waals surface area contributed by atoms with Gasteiger partial charge in [0, 0.05) is 12.6 Å². The zero-order valence-electron chi connectivity index (χ0n) is 14.6. The number of carbonyl (C=O) groups excluding carboxylic acids is 1. The maximum atomic E-state index is 12.7. The molecule has 1 aromatic heterocycles. The minimum absolute atomic E-state index is 0.0123. The molecule has 0 aliphatic rings. The van der Waals surface area contributed by atoms with Crippen LogP contribution in [-0.4, -0.2) is 31.0 Å². The molecule has 0 fully saturated rings. The molecule has 0 bridgehead atoms. The molecule has 1 aromatic carbocycles. The highest BCUT2D eigenvalue weighted by Gasteiger charge is 2.21. The highest BCUT2D eigenvalue weighted by atomic mass is 32.2. The van der Waals surface area contributed by atoms with E-state index in [-0.39, 0.29) is 23.5 Å². The van der Waals surface area contributed by atoms with E-state index in [1.54, 1.807) is 24.3 Å². The third-order valence-corrected chi connectivity index (χ3v) is 5.98. The summed E-state index contributed by atoms with van der Waals surface area (Å²) in [5.74, 6) is 0.217. The van der Waals surface area contributed by atoms with Crippen molar-refractivity contribution in [2.24, 2.45) is 0 Å². The zero-order valence-corrected chi connectivity index (χ0v) is 16.3. The van der Waals surface area contributed by atoms with Gasteiger partial charge in [-0.2, -0.15) is 8.42 Å². The highest BCUT2D eigenvalue weighted by Crippen LogP contribution is 2.20. The predicted octanol–water partition coefficient (Wildman–Crippen LogP) is 3.92. The van der Waals surface area contributed by atoms with Gasteiger partial charge in [-0.1, -0.05) is 25.1 Å². The first-order valence-corrected chi connectivity index (χ1v) is 10.7. The SMILES string of the molecule is CCC(C)N(Cc1ccc(OS(=O)(=O)CC)cc1)C(=O)c1cccs1. The van der Waals surface area contributed by atoms with E-state index in [0.29, 0.717) is 11.4 Å². The summed E-state index contributed by atoms with van der Waals surface area (Å²) in [5, 5.41) is 1.89. The van der Waals surface area contributed by atoms with Crippen LogP contribution in [0.5, 0.6) is 5.75 Å². The number of thiophene rings is 1. The van der Waals surface area contributed by atoms with Crippen LogP contribution < -0.4 is 4.18 Å². The van der Waals surface area contributed by atoms with Crippen molar-refractivity contribution >= 4 is 27.4 Å². The van der Waals surface area contributed by atoms with Crippen molar-refractivity contribution < 1.29 is 17.4 Å². The second-order valence-electron chi connectivity index (χ2n) is 5.74. The van der Waals surface area contributed by atoms with Gasteiger partial charge in [0.25, 0.3) is 5.91 Å². The molecular formula is C18H23NO4S2. The van der Waals surface area contributed by atoms with E-state index in [9.17, 15) is 13.2 Å². The Bertz CT molecular complexity index is 783. The summed E-state index contributed by atoms with van der Waals surface area (Å²) in [7, 11) is -3.53. The summed E-state index contributed by atoms with van der Waals surface area (Å²) < 4.78 is 28.0. The minimum Gasteiger partial charge on any atom is -0.382 e. The molecule has 2 rings (SSSR count). The van der Waals surface area contributed by atoms with E-state index < -0.39 is 10.1 Å². The summed E-state index contributed by atoms with van der Waals surface area (Å²) in [6.45, 7) is 6.07. The molecule has 2 aromatic rings. The molecule has 0 aliphatic carbocycles. The van der Waals surface area contributed by atoms with Crippen molar-refractivity contribution in [3.05, 3.63) is 52.2 Å². The molecule has 1 atom stereocenters. The molecule has 0 N–H and O–H groups in total. The van der Waals surface area contributed by atoms with Crippen LogP contribution in [-0.2, 0) is 16.7 Å². The molecule has 1 heterocycles. The number of hydrogen-bond donors (Lipinski definition) is 0. The molecule has 7 heteroatoms. The van der Waals surface area contributed by atoms with Gasteiger partial charge >= 0.3 is 10.1 Å². The largest absolute Gasteiger partial charge is 0.382 e. The van der Waals surface area contributed by atoms with Crippen LogP contribution in [0.3, 0.4) is 0 Å². The van der Waals surface area contributed by atoms with Gasteiger partial charge in [-0.05, 0) is 49.4 Å². The second-order valence-corrected chi connectivity index (χ2v) is 8.55. The maximum Gasteiger partial charge on any atom is 0.308 e. The van der Waals surface area contributed by atoms with Gasteiger partial charge in [0.1, 0.15) is 5.75 Å². The first-order chi connectivity index (χ1) is 11.9. The number of nitrogens with zero attached hydrogens (tertiary/aromatic N) is 1. The van der Waals surface area contributed by atoms with Crippen LogP contribution in [0.4, 0.5) is 0 Å². The lowest BCUT2D eigenvalue weighted by Crippen LogP contribution is -2.37. The second kappa shape index (κ2) is 8.49. The van der Waals surface area contributed by atoms with Crippen LogP contribution in [0.25, 0.3) is 0 Å². The predicted molar refractivity (Wildman–Crippen MR) is 100 cm³/mol. The van der Waals surface area contributed by atoms with E-state index in [2.05, 4.69) is 0 Å². The average molecular weight is 382 g/mol. The Morgan fingerprint density at radius 3 is 2.40 bits per heavy atom. The third kappa shape index (κ3) is 5.31. The smallest absolute Gasteiger partial charge is 0.308 e. The van der Waals surface area contributed by atoms with E-state index in [1.165, 1.54) is 18.3 Å². The van der Waals surface area contributed by atoms with Crippen molar-refractivity contribution in [2.75, 3.05) is 5.75 Å². The van der Waals surface area contributed by atoms with Gasteiger partial charge in [0.2, 0.25) is 0 Å². The molecule has 0 radical (unpaired) electrons. The van der Waals surface area contributed by atoms with E-state index in [0.717, 1.165) is 12.0 Å². The third-order valence-electron chi connectivity index (χ3n) is 3.97. The normalized spacial score (nSPS) is 12.6. The van der Waals surface area contributed by atoms with Crippen molar-refractivity contribution in [2.45, 2.75) is 39.8 Å². The molecule has 1 unspecified atom stereocenters. The van der Waals surface area contributed by atoms with E-state index in [4.69, 9.17) is 4.18 Å². The minimum atomic E-state index is -3.53. The number of benzene rings is 1. The quantitative estimate of drug-likeness (QED) is 0.650. The van der Waals surface area contributed by atoms with Gasteiger partial charge in [0.15, 0.2) is 0 Å². The van der Waals surface area contributed by atoms with Crippen LogP contribution >= 0.6 is 11.3 Å². The summed E-state index contributed by atoms with van der Waals surface area (Å²) >= 11 is 1.43. The first kappa shape index (κ1) is 19.5. The molecule has 1 amide bonds.